The Morgan fingerprint density at radius 2 is 1.75 bits per heavy atom. The van der Waals surface area contributed by atoms with Gasteiger partial charge in [-0.25, -0.2) is 0 Å². The molecule has 1 heteroatoms. The molecule has 0 fully saturated rings. The standard InChI is InChI=1S/C19H23N/c1-19(2,3)17-9-10-18-15(12-17)11-16(13-20-18)14-7-5-4-6-8-14/h4-10,12,16,20H,11,13H2,1-3H3. The third kappa shape index (κ3) is 2.58. The lowest BCUT2D eigenvalue weighted by atomic mass is 9.82. The van der Waals surface area contributed by atoms with Gasteiger partial charge in [0.1, 0.15) is 0 Å². The molecule has 1 N–H and O–H groups in total. The van der Waals surface area contributed by atoms with E-state index in [0.29, 0.717) is 5.92 Å². The number of rotatable bonds is 1. The molecule has 0 spiro atoms. The van der Waals surface area contributed by atoms with Crippen molar-refractivity contribution in [1.82, 2.24) is 0 Å². The van der Waals surface area contributed by atoms with Crippen LogP contribution in [0.3, 0.4) is 0 Å². The summed E-state index contributed by atoms with van der Waals surface area (Å²) in [6, 6.07) is 17.7. The first-order valence-electron chi connectivity index (χ1n) is 7.46. The summed E-state index contributed by atoms with van der Waals surface area (Å²) in [5.41, 5.74) is 5.84. The fourth-order valence-electron chi connectivity index (χ4n) is 2.93. The molecule has 1 unspecified atom stereocenters. The summed E-state index contributed by atoms with van der Waals surface area (Å²) < 4.78 is 0. The van der Waals surface area contributed by atoms with E-state index in [9.17, 15) is 0 Å². The van der Waals surface area contributed by atoms with E-state index in [1.165, 1.54) is 22.4 Å². The summed E-state index contributed by atoms with van der Waals surface area (Å²) in [4.78, 5) is 0. The minimum Gasteiger partial charge on any atom is -0.384 e. The smallest absolute Gasteiger partial charge is 0.0373 e. The van der Waals surface area contributed by atoms with Crippen LogP contribution in [0.4, 0.5) is 5.69 Å². The predicted octanol–water partition coefficient (Wildman–Crippen LogP) is 4.74. The number of hydrogen-bond acceptors (Lipinski definition) is 1. The highest BCUT2D eigenvalue weighted by Gasteiger charge is 2.22. The van der Waals surface area contributed by atoms with E-state index in [-0.39, 0.29) is 5.41 Å². The van der Waals surface area contributed by atoms with Crippen LogP contribution in [0, 0.1) is 0 Å². The van der Waals surface area contributed by atoms with Gasteiger partial charge in [0.2, 0.25) is 0 Å². The van der Waals surface area contributed by atoms with Crippen LogP contribution in [0.25, 0.3) is 0 Å². The summed E-state index contributed by atoms with van der Waals surface area (Å²) in [5.74, 6) is 0.582. The highest BCUT2D eigenvalue weighted by Crippen LogP contribution is 2.33. The second-order valence-corrected chi connectivity index (χ2v) is 6.81. The molecule has 0 saturated heterocycles. The Bertz CT molecular complexity index is 593. The molecule has 1 nitrogen and oxygen atoms in total. The van der Waals surface area contributed by atoms with E-state index in [0.717, 1.165) is 13.0 Å². The van der Waals surface area contributed by atoms with Crippen LogP contribution in [0.2, 0.25) is 0 Å². The normalized spacial score (nSPS) is 18.2. The molecule has 3 rings (SSSR count). The molecule has 104 valence electrons. The first-order valence-corrected chi connectivity index (χ1v) is 7.46. The summed E-state index contributed by atoms with van der Waals surface area (Å²) in [5, 5.41) is 3.59. The molecular weight excluding hydrogens is 242 g/mol. The maximum atomic E-state index is 3.59. The number of hydrogen-bond donors (Lipinski definition) is 1. The van der Waals surface area contributed by atoms with Gasteiger partial charge in [-0.3, -0.25) is 0 Å². The summed E-state index contributed by atoms with van der Waals surface area (Å²) in [6.07, 6.45) is 1.14. The Balaban J connectivity index is 1.90. The van der Waals surface area contributed by atoms with E-state index in [1.807, 2.05) is 0 Å². The van der Waals surface area contributed by atoms with Crippen LogP contribution < -0.4 is 5.32 Å². The van der Waals surface area contributed by atoms with E-state index in [4.69, 9.17) is 0 Å². The van der Waals surface area contributed by atoms with Gasteiger partial charge in [0.05, 0.1) is 0 Å². The molecule has 1 aliphatic heterocycles. The van der Waals surface area contributed by atoms with Crippen molar-refractivity contribution in [3.05, 3.63) is 65.2 Å². The first kappa shape index (κ1) is 13.2. The van der Waals surface area contributed by atoms with Crippen molar-refractivity contribution in [2.75, 3.05) is 11.9 Å². The van der Waals surface area contributed by atoms with E-state index in [1.54, 1.807) is 0 Å². The molecule has 1 heterocycles. The Hall–Kier alpha value is -1.76. The van der Waals surface area contributed by atoms with Crippen LogP contribution >= 0.6 is 0 Å². The minimum atomic E-state index is 0.217. The van der Waals surface area contributed by atoms with Gasteiger partial charge in [0.15, 0.2) is 0 Å². The van der Waals surface area contributed by atoms with Gasteiger partial charge >= 0.3 is 0 Å². The van der Waals surface area contributed by atoms with Gasteiger partial charge in [-0.1, -0.05) is 63.2 Å². The Morgan fingerprint density at radius 3 is 2.45 bits per heavy atom. The van der Waals surface area contributed by atoms with Crippen molar-refractivity contribution in [1.29, 1.82) is 0 Å². The average molecular weight is 265 g/mol. The molecule has 1 atom stereocenters. The third-order valence-electron chi connectivity index (χ3n) is 4.25. The molecule has 2 aromatic carbocycles. The monoisotopic (exact) mass is 265 g/mol. The molecule has 2 aromatic rings. The maximum Gasteiger partial charge on any atom is 0.0373 e. The highest BCUT2D eigenvalue weighted by atomic mass is 14.9. The SMILES string of the molecule is CC(C)(C)c1ccc2c(c1)CC(c1ccccc1)CN2. The van der Waals surface area contributed by atoms with Gasteiger partial charge in [-0.15, -0.1) is 0 Å². The average Bonchev–Trinajstić information content (AvgIpc) is 2.46. The van der Waals surface area contributed by atoms with E-state index >= 15 is 0 Å². The van der Waals surface area contributed by atoms with Gasteiger partial charge in [-0.2, -0.15) is 0 Å². The molecule has 0 aromatic heterocycles. The zero-order valence-electron chi connectivity index (χ0n) is 12.6. The molecule has 0 radical (unpaired) electrons. The van der Waals surface area contributed by atoms with Crippen molar-refractivity contribution in [3.63, 3.8) is 0 Å². The lowest BCUT2D eigenvalue weighted by Crippen LogP contribution is -2.22. The number of anilines is 1. The van der Waals surface area contributed by atoms with E-state index < -0.39 is 0 Å². The van der Waals surface area contributed by atoms with Crippen LogP contribution in [0.15, 0.2) is 48.5 Å². The van der Waals surface area contributed by atoms with E-state index in [2.05, 4.69) is 74.6 Å². The summed E-state index contributed by atoms with van der Waals surface area (Å²) in [7, 11) is 0. The zero-order valence-corrected chi connectivity index (χ0v) is 12.6. The van der Waals surface area contributed by atoms with Crippen LogP contribution in [0.1, 0.15) is 43.4 Å². The summed E-state index contributed by atoms with van der Waals surface area (Å²) >= 11 is 0. The Kier molecular flexibility index (Phi) is 3.29. The molecule has 0 bridgehead atoms. The maximum absolute atomic E-state index is 3.59. The zero-order chi connectivity index (χ0) is 14.2. The number of benzene rings is 2. The van der Waals surface area contributed by atoms with Crippen molar-refractivity contribution in [2.45, 2.75) is 38.5 Å². The largest absolute Gasteiger partial charge is 0.384 e. The lowest BCUT2D eigenvalue weighted by Gasteiger charge is -2.29. The fourth-order valence-corrected chi connectivity index (χ4v) is 2.93. The second-order valence-electron chi connectivity index (χ2n) is 6.81. The second kappa shape index (κ2) is 4.97. The van der Waals surface area contributed by atoms with Crippen LogP contribution in [-0.2, 0) is 11.8 Å². The Morgan fingerprint density at radius 1 is 1.00 bits per heavy atom. The predicted molar refractivity (Wildman–Crippen MR) is 86.5 cm³/mol. The van der Waals surface area contributed by atoms with Gasteiger partial charge < -0.3 is 5.32 Å². The topological polar surface area (TPSA) is 12.0 Å². The van der Waals surface area contributed by atoms with Gasteiger partial charge in [0, 0.05) is 18.2 Å². The molecular formula is C19H23N. The van der Waals surface area contributed by atoms with Crippen LogP contribution in [0.5, 0.6) is 0 Å². The molecule has 0 aliphatic carbocycles. The van der Waals surface area contributed by atoms with Gasteiger partial charge in [-0.05, 0) is 34.6 Å². The summed E-state index contributed by atoms with van der Waals surface area (Å²) in [6.45, 7) is 7.87. The third-order valence-corrected chi connectivity index (χ3v) is 4.25. The molecule has 0 amide bonds. The fraction of sp³-hybridized carbons (Fsp3) is 0.368. The molecule has 20 heavy (non-hydrogen) atoms. The number of nitrogens with one attached hydrogen (secondary N) is 1. The van der Waals surface area contributed by atoms with Crippen molar-refractivity contribution < 1.29 is 0 Å². The van der Waals surface area contributed by atoms with Crippen molar-refractivity contribution >= 4 is 5.69 Å². The first-order chi connectivity index (χ1) is 9.54. The Labute approximate surface area is 122 Å². The van der Waals surface area contributed by atoms with Crippen molar-refractivity contribution in [2.24, 2.45) is 0 Å². The van der Waals surface area contributed by atoms with Crippen molar-refractivity contribution in [3.8, 4) is 0 Å². The quantitative estimate of drug-likeness (QED) is 0.785. The van der Waals surface area contributed by atoms with Gasteiger partial charge in [0.25, 0.3) is 0 Å². The minimum absolute atomic E-state index is 0.217. The van der Waals surface area contributed by atoms with Crippen LogP contribution in [-0.4, -0.2) is 6.54 Å². The number of fused-ring (bicyclic) bond motifs is 1. The lowest BCUT2D eigenvalue weighted by molar-refractivity contribution is 0.587. The molecule has 0 saturated carbocycles. The molecule has 1 aliphatic rings. The highest BCUT2D eigenvalue weighted by molar-refractivity contribution is 5.56.